The molecule has 3 heterocycles. The molecule has 3 aromatic rings. The van der Waals surface area contributed by atoms with Gasteiger partial charge in [0.15, 0.2) is 17.7 Å². The van der Waals surface area contributed by atoms with E-state index in [-0.39, 0.29) is 22.6 Å². The van der Waals surface area contributed by atoms with Gasteiger partial charge in [-0.1, -0.05) is 18.2 Å². The van der Waals surface area contributed by atoms with Crippen LogP contribution < -0.4 is 15.3 Å². The molecule has 0 radical (unpaired) electrons. The van der Waals surface area contributed by atoms with Gasteiger partial charge in [-0.25, -0.2) is 18.9 Å². The predicted octanol–water partition coefficient (Wildman–Crippen LogP) is 3.54. The second-order valence-corrected chi connectivity index (χ2v) is 12.0. The number of fused-ring (bicyclic) bond motifs is 1. The van der Waals surface area contributed by atoms with E-state index in [1.54, 1.807) is 44.2 Å². The van der Waals surface area contributed by atoms with Gasteiger partial charge in [0.1, 0.15) is 41.0 Å². The Morgan fingerprint density at radius 1 is 1.33 bits per heavy atom. The average Bonchev–Trinajstić information content (AvgIpc) is 3.31. The number of aromatic nitrogens is 3. The highest BCUT2D eigenvalue weighted by Gasteiger charge is 2.54. The second kappa shape index (κ2) is 11.4. The van der Waals surface area contributed by atoms with Crippen LogP contribution in [0.5, 0.6) is 5.75 Å². The zero-order valence-corrected chi connectivity index (χ0v) is 23.3. The van der Waals surface area contributed by atoms with Crippen LogP contribution in [-0.2, 0) is 23.4 Å². The Balaban J connectivity index is 1.56. The maximum absolute atomic E-state index is 14.7. The topological polar surface area (TPSA) is 160 Å². The van der Waals surface area contributed by atoms with E-state index in [2.05, 4.69) is 15.1 Å². The number of hydrogen-bond donors (Lipinski definition) is 3. The maximum Gasteiger partial charge on any atom is 0.459 e. The van der Waals surface area contributed by atoms with E-state index < -0.39 is 61.6 Å². The SMILES string of the molecule is CC(C)OC(=O)[C@@H](C)N[P@](=O)(OC[C@H]1OC(n2cc(F)c3c(N)ncnc32)[C@](C)(Cl)[C@@H]1O)Oc1ccccc1. The Morgan fingerprint density at radius 3 is 2.69 bits per heavy atom. The molecule has 2 aromatic heterocycles. The number of nitrogens with one attached hydrogen (secondary N) is 1. The summed E-state index contributed by atoms with van der Waals surface area (Å²) in [6, 6.07) is 7.12. The summed E-state index contributed by atoms with van der Waals surface area (Å²) in [4.78, 5) is 18.8. The molecular formula is C24H30ClFN5O7P. The number of aliphatic hydroxyl groups excluding tert-OH is 1. The lowest BCUT2D eigenvalue weighted by Gasteiger charge is -2.26. The van der Waals surface area contributed by atoms with Crippen molar-refractivity contribution in [3.8, 4) is 5.75 Å². The van der Waals surface area contributed by atoms with Gasteiger partial charge in [0, 0.05) is 6.20 Å². The molecule has 0 saturated carbocycles. The van der Waals surface area contributed by atoms with Crippen molar-refractivity contribution in [2.45, 2.75) is 63.2 Å². The fraction of sp³-hybridized carbons (Fsp3) is 0.458. The van der Waals surface area contributed by atoms with Crippen LogP contribution in [0.25, 0.3) is 11.0 Å². The minimum atomic E-state index is -4.24. The monoisotopic (exact) mass is 585 g/mol. The lowest BCUT2D eigenvalue weighted by Crippen LogP contribution is -2.40. The highest BCUT2D eigenvalue weighted by Crippen LogP contribution is 2.49. The van der Waals surface area contributed by atoms with E-state index in [0.717, 1.165) is 6.20 Å². The van der Waals surface area contributed by atoms with Gasteiger partial charge < -0.3 is 29.4 Å². The Hall–Kier alpha value is -2.80. The first-order chi connectivity index (χ1) is 18.3. The van der Waals surface area contributed by atoms with Crippen molar-refractivity contribution in [3.05, 3.63) is 48.7 Å². The molecule has 0 aliphatic carbocycles. The molecule has 1 saturated heterocycles. The summed E-state index contributed by atoms with van der Waals surface area (Å²) in [5, 5.41) is 13.6. The number of carbonyl (C=O) groups is 1. The van der Waals surface area contributed by atoms with E-state index in [1.165, 1.54) is 24.7 Å². The number of hydrogen-bond acceptors (Lipinski definition) is 10. The molecule has 0 spiro atoms. The van der Waals surface area contributed by atoms with Crippen molar-refractivity contribution in [1.29, 1.82) is 0 Å². The molecule has 6 atom stereocenters. The Kier molecular flexibility index (Phi) is 8.50. The highest BCUT2D eigenvalue weighted by atomic mass is 35.5. The van der Waals surface area contributed by atoms with Crippen molar-refractivity contribution in [2.24, 2.45) is 0 Å². The molecule has 1 aliphatic heterocycles. The number of para-hydroxylation sites is 1. The number of benzene rings is 1. The molecule has 1 fully saturated rings. The summed E-state index contributed by atoms with van der Waals surface area (Å²) in [7, 11) is -4.24. The first kappa shape index (κ1) is 29.2. The number of anilines is 1. The van der Waals surface area contributed by atoms with E-state index in [4.69, 9.17) is 35.9 Å². The van der Waals surface area contributed by atoms with E-state index in [1.807, 2.05) is 0 Å². The smallest absolute Gasteiger partial charge is 0.459 e. The number of carbonyl (C=O) groups excluding carboxylic acids is 1. The highest BCUT2D eigenvalue weighted by molar-refractivity contribution is 7.52. The molecule has 15 heteroatoms. The number of nitrogens with two attached hydrogens (primary N) is 1. The Labute approximate surface area is 229 Å². The molecule has 0 bridgehead atoms. The molecule has 39 heavy (non-hydrogen) atoms. The van der Waals surface area contributed by atoms with Gasteiger partial charge in [-0.15, -0.1) is 11.6 Å². The summed E-state index contributed by atoms with van der Waals surface area (Å²) in [6.45, 7) is 5.84. The maximum atomic E-state index is 14.7. The van der Waals surface area contributed by atoms with Crippen molar-refractivity contribution in [2.75, 3.05) is 12.3 Å². The van der Waals surface area contributed by atoms with Crippen molar-refractivity contribution >= 4 is 42.2 Å². The second-order valence-electron chi connectivity index (χ2n) is 9.50. The first-order valence-electron chi connectivity index (χ1n) is 12.1. The van der Waals surface area contributed by atoms with Gasteiger partial charge in [0.25, 0.3) is 0 Å². The number of alkyl halides is 1. The van der Waals surface area contributed by atoms with E-state index in [0.29, 0.717) is 0 Å². The lowest BCUT2D eigenvalue weighted by molar-refractivity contribution is -0.149. The van der Waals surface area contributed by atoms with Gasteiger partial charge in [-0.2, -0.15) is 5.09 Å². The third-order valence-corrected chi connectivity index (χ3v) is 8.05. The molecule has 1 aromatic carbocycles. The summed E-state index contributed by atoms with van der Waals surface area (Å²) < 4.78 is 52.2. The quantitative estimate of drug-likeness (QED) is 0.181. The average molecular weight is 586 g/mol. The van der Waals surface area contributed by atoms with Crippen LogP contribution in [0.1, 0.15) is 33.9 Å². The third-order valence-electron chi connectivity index (χ3n) is 6.00. The summed E-state index contributed by atoms with van der Waals surface area (Å²) in [5.74, 6) is -1.22. The zero-order valence-electron chi connectivity index (χ0n) is 21.7. The Bertz CT molecular complexity index is 1380. The van der Waals surface area contributed by atoms with Gasteiger partial charge in [-0.05, 0) is 39.8 Å². The molecule has 12 nitrogen and oxygen atoms in total. The third kappa shape index (κ3) is 6.19. The molecule has 212 valence electrons. The summed E-state index contributed by atoms with van der Waals surface area (Å²) in [6.07, 6.45) is -1.75. The van der Waals surface area contributed by atoms with Crippen molar-refractivity contribution in [3.63, 3.8) is 0 Å². The van der Waals surface area contributed by atoms with Crippen LogP contribution in [0.4, 0.5) is 10.2 Å². The predicted molar refractivity (Wildman–Crippen MR) is 141 cm³/mol. The number of nitrogen functional groups attached to an aromatic ring is 1. The van der Waals surface area contributed by atoms with Gasteiger partial charge in [-0.3, -0.25) is 9.32 Å². The lowest BCUT2D eigenvalue weighted by atomic mass is 10.0. The summed E-state index contributed by atoms with van der Waals surface area (Å²) >= 11 is 6.69. The minimum absolute atomic E-state index is 0.0185. The number of rotatable bonds is 10. The molecule has 0 amide bonds. The molecule has 1 aliphatic rings. The Morgan fingerprint density at radius 2 is 2.03 bits per heavy atom. The van der Waals surface area contributed by atoms with Crippen LogP contribution in [0, 0.1) is 5.82 Å². The van der Waals surface area contributed by atoms with E-state index >= 15 is 0 Å². The van der Waals surface area contributed by atoms with Gasteiger partial charge in [0.05, 0.1) is 18.1 Å². The van der Waals surface area contributed by atoms with Crippen LogP contribution in [0.2, 0.25) is 0 Å². The van der Waals surface area contributed by atoms with Crippen LogP contribution >= 0.6 is 19.3 Å². The number of esters is 1. The van der Waals surface area contributed by atoms with Crippen LogP contribution in [0.15, 0.2) is 42.9 Å². The summed E-state index contributed by atoms with van der Waals surface area (Å²) in [5.41, 5.74) is 5.92. The minimum Gasteiger partial charge on any atom is -0.462 e. The van der Waals surface area contributed by atoms with Crippen molar-refractivity contribution in [1.82, 2.24) is 19.6 Å². The van der Waals surface area contributed by atoms with E-state index in [9.17, 15) is 18.9 Å². The zero-order chi connectivity index (χ0) is 28.5. The number of nitrogens with zero attached hydrogens (tertiary/aromatic N) is 3. The number of ether oxygens (including phenoxy) is 2. The van der Waals surface area contributed by atoms with Gasteiger partial charge in [0.2, 0.25) is 0 Å². The number of aliphatic hydroxyl groups is 1. The molecule has 1 unspecified atom stereocenters. The standard InChI is InChI=1S/C24H30ClFN5O7P/c1-13(2)36-22(33)14(3)30-39(34,38-15-8-6-5-7-9-15)35-11-17-19(32)24(4,25)23(37-17)31-10-16(26)18-20(27)28-12-29-21(18)31/h5-10,12-14,17,19,23,32H,11H2,1-4H3,(H,30,34)(H2,27,28,29)/t14-,17-,19-,23?,24-,39+/m1/s1. The fourth-order valence-corrected chi connectivity index (χ4v) is 5.90. The first-order valence-corrected chi connectivity index (χ1v) is 14.0. The normalized spacial score (nSPS) is 25.5. The van der Waals surface area contributed by atoms with Gasteiger partial charge >= 0.3 is 13.7 Å². The molecule has 4 N–H and O–H groups in total. The number of halogens is 2. The largest absolute Gasteiger partial charge is 0.462 e. The fourth-order valence-electron chi connectivity index (χ4n) is 4.10. The molecule has 4 rings (SSSR count). The van der Waals surface area contributed by atoms with Crippen molar-refractivity contribution < 1.29 is 37.4 Å². The van der Waals surface area contributed by atoms with Crippen LogP contribution in [0.3, 0.4) is 0 Å². The molecular weight excluding hydrogens is 556 g/mol. The van der Waals surface area contributed by atoms with Crippen LogP contribution in [-0.4, -0.2) is 61.4 Å².